The summed E-state index contributed by atoms with van der Waals surface area (Å²) in [6.07, 6.45) is 0.258. The summed E-state index contributed by atoms with van der Waals surface area (Å²) >= 11 is 0. The van der Waals surface area contributed by atoms with Gasteiger partial charge in [-0.15, -0.1) is 0 Å². The summed E-state index contributed by atoms with van der Waals surface area (Å²) in [6.45, 7) is 3.11. The first kappa shape index (κ1) is 16.0. The van der Waals surface area contributed by atoms with Crippen LogP contribution in [-0.4, -0.2) is 29.9 Å². The lowest BCUT2D eigenvalue weighted by Crippen LogP contribution is -2.44. The fourth-order valence-electron chi connectivity index (χ4n) is 2.62. The van der Waals surface area contributed by atoms with Crippen LogP contribution in [0, 0.1) is 0 Å². The topological polar surface area (TPSA) is 71.5 Å². The number of ether oxygens (including phenoxy) is 1. The first-order valence-corrected chi connectivity index (χ1v) is 7.95. The SMILES string of the molecule is CCOc1ccc2c(n1)C(=O)CCN2C(=O)NCc1ccccc1. The molecule has 1 aliphatic rings. The van der Waals surface area contributed by atoms with Crippen molar-refractivity contribution >= 4 is 17.5 Å². The zero-order valence-electron chi connectivity index (χ0n) is 13.5. The molecule has 1 aromatic carbocycles. The number of carbonyl (C=O) groups excluding carboxylic acids is 2. The predicted octanol–water partition coefficient (Wildman–Crippen LogP) is 2.78. The Morgan fingerprint density at radius 1 is 1.25 bits per heavy atom. The number of fused-ring (bicyclic) bond motifs is 1. The summed E-state index contributed by atoms with van der Waals surface area (Å²) in [7, 11) is 0. The molecule has 0 atom stereocenters. The number of nitrogens with one attached hydrogen (secondary N) is 1. The predicted molar refractivity (Wildman–Crippen MR) is 90.4 cm³/mol. The minimum absolute atomic E-state index is 0.0707. The second-order valence-corrected chi connectivity index (χ2v) is 5.42. The van der Waals surface area contributed by atoms with Crippen LogP contribution in [0.15, 0.2) is 42.5 Å². The molecule has 0 fully saturated rings. The molecule has 2 amide bonds. The molecule has 1 aromatic heterocycles. The molecule has 0 saturated heterocycles. The Kier molecular flexibility index (Phi) is 4.74. The lowest BCUT2D eigenvalue weighted by molar-refractivity contribution is 0.0974. The van der Waals surface area contributed by atoms with Gasteiger partial charge in [0.15, 0.2) is 5.78 Å². The summed E-state index contributed by atoms with van der Waals surface area (Å²) in [6, 6.07) is 12.8. The highest BCUT2D eigenvalue weighted by atomic mass is 16.5. The van der Waals surface area contributed by atoms with E-state index in [0.717, 1.165) is 5.56 Å². The van der Waals surface area contributed by atoms with E-state index in [9.17, 15) is 9.59 Å². The first-order valence-electron chi connectivity index (χ1n) is 7.95. The van der Waals surface area contributed by atoms with E-state index in [1.807, 2.05) is 37.3 Å². The summed E-state index contributed by atoms with van der Waals surface area (Å²) < 4.78 is 5.34. The van der Waals surface area contributed by atoms with Crippen LogP contribution in [0.3, 0.4) is 0 Å². The van der Waals surface area contributed by atoms with Crippen molar-refractivity contribution < 1.29 is 14.3 Å². The third-order valence-electron chi connectivity index (χ3n) is 3.79. The van der Waals surface area contributed by atoms with E-state index < -0.39 is 0 Å². The highest BCUT2D eigenvalue weighted by Gasteiger charge is 2.29. The molecule has 1 aliphatic heterocycles. The van der Waals surface area contributed by atoms with E-state index in [0.29, 0.717) is 37.0 Å². The van der Waals surface area contributed by atoms with E-state index >= 15 is 0 Å². The van der Waals surface area contributed by atoms with Gasteiger partial charge in [-0.2, -0.15) is 0 Å². The largest absolute Gasteiger partial charge is 0.478 e. The second-order valence-electron chi connectivity index (χ2n) is 5.42. The highest BCUT2D eigenvalue weighted by Crippen LogP contribution is 2.27. The Hall–Kier alpha value is -2.89. The molecule has 24 heavy (non-hydrogen) atoms. The van der Waals surface area contributed by atoms with E-state index in [-0.39, 0.29) is 18.2 Å². The van der Waals surface area contributed by atoms with Gasteiger partial charge >= 0.3 is 6.03 Å². The van der Waals surface area contributed by atoms with Crippen molar-refractivity contribution in [3.05, 3.63) is 53.7 Å². The molecule has 2 aromatic rings. The number of rotatable bonds is 4. The van der Waals surface area contributed by atoms with Gasteiger partial charge < -0.3 is 10.1 Å². The maximum Gasteiger partial charge on any atom is 0.322 e. The molecular weight excluding hydrogens is 306 g/mol. The number of carbonyl (C=O) groups is 2. The first-order chi connectivity index (χ1) is 11.7. The van der Waals surface area contributed by atoms with Crippen molar-refractivity contribution in [2.75, 3.05) is 18.1 Å². The van der Waals surface area contributed by atoms with Gasteiger partial charge in [-0.3, -0.25) is 9.69 Å². The van der Waals surface area contributed by atoms with Crippen molar-refractivity contribution in [1.82, 2.24) is 10.3 Å². The van der Waals surface area contributed by atoms with Crippen molar-refractivity contribution in [1.29, 1.82) is 0 Å². The van der Waals surface area contributed by atoms with Crippen LogP contribution in [-0.2, 0) is 6.54 Å². The number of Topliss-reactive ketones (excluding diaryl/α,β-unsaturated/α-hetero) is 1. The molecule has 0 aliphatic carbocycles. The molecule has 124 valence electrons. The van der Waals surface area contributed by atoms with Gasteiger partial charge in [0.1, 0.15) is 5.69 Å². The van der Waals surface area contributed by atoms with Gasteiger partial charge in [0.05, 0.1) is 12.3 Å². The molecule has 2 heterocycles. The maximum absolute atomic E-state index is 12.5. The van der Waals surface area contributed by atoms with Crippen molar-refractivity contribution in [3.8, 4) is 5.88 Å². The van der Waals surface area contributed by atoms with E-state index in [1.165, 1.54) is 0 Å². The number of ketones is 1. The average molecular weight is 325 g/mol. The number of pyridine rings is 1. The molecule has 6 nitrogen and oxygen atoms in total. The molecule has 0 spiro atoms. The average Bonchev–Trinajstić information content (AvgIpc) is 2.61. The van der Waals surface area contributed by atoms with Crippen molar-refractivity contribution in [2.45, 2.75) is 19.9 Å². The quantitative estimate of drug-likeness (QED) is 0.938. The van der Waals surface area contributed by atoms with Crippen LogP contribution in [0.25, 0.3) is 0 Å². The number of urea groups is 1. The smallest absolute Gasteiger partial charge is 0.322 e. The fourth-order valence-corrected chi connectivity index (χ4v) is 2.62. The van der Waals surface area contributed by atoms with Crippen LogP contribution in [0.5, 0.6) is 5.88 Å². The molecule has 0 unspecified atom stereocenters. The number of hydrogen-bond acceptors (Lipinski definition) is 4. The Morgan fingerprint density at radius 2 is 2.04 bits per heavy atom. The lowest BCUT2D eigenvalue weighted by atomic mass is 10.1. The number of hydrogen-bond donors (Lipinski definition) is 1. The summed E-state index contributed by atoms with van der Waals surface area (Å²) in [4.78, 5) is 30.4. The summed E-state index contributed by atoms with van der Waals surface area (Å²) in [5, 5.41) is 2.88. The van der Waals surface area contributed by atoms with Gasteiger partial charge in [0.25, 0.3) is 0 Å². The lowest BCUT2D eigenvalue weighted by Gasteiger charge is -2.28. The van der Waals surface area contributed by atoms with Gasteiger partial charge in [0.2, 0.25) is 5.88 Å². The molecule has 0 bridgehead atoms. The van der Waals surface area contributed by atoms with Gasteiger partial charge in [-0.05, 0) is 18.6 Å². The molecule has 1 N–H and O–H groups in total. The molecule has 3 rings (SSSR count). The number of anilines is 1. The van der Waals surface area contributed by atoms with E-state index in [1.54, 1.807) is 17.0 Å². The Morgan fingerprint density at radius 3 is 2.79 bits per heavy atom. The standard InChI is InChI=1S/C18H19N3O3/c1-2-24-16-9-8-14-17(20-16)15(22)10-11-21(14)18(23)19-12-13-6-4-3-5-7-13/h3-9H,2,10-12H2,1H3,(H,19,23). The molecular formula is C18H19N3O3. The molecule has 0 radical (unpaired) electrons. The zero-order chi connectivity index (χ0) is 16.9. The van der Waals surface area contributed by atoms with Crippen molar-refractivity contribution in [2.24, 2.45) is 0 Å². The van der Waals surface area contributed by atoms with E-state index in [2.05, 4.69) is 10.3 Å². The third-order valence-corrected chi connectivity index (χ3v) is 3.79. The zero-order valence-corrected chi connectivity index (χ0v) is 13.5. The third kappa shape index (κ3) is 3.37. The number of benzene rings is 1. The minimum Gasteiger partial charge on any atom is -0.478 e. The number of amides is 2. The normalized spacial score (nSPS) is 13.4. The number of nitrogens with zero attached hydrogens (tertiary/aromatic N) is 2. The van der Waals surface area contributed by atoms with Gasteiger partial charge in [0, 0.05) is 25.6 Å². The van der Waals surface area contributed by atoms with Crippen LogP contribution < -0.4 is 15.0 Å². The Balaban J connectivity index is 1.76. The maximum atomic E-state index is 12.5. The van der Waals surface area contributed by atoms with Gasteiger partial charge in [-0.1, -0.05) is 30.3 Å². The fraction of sp³-hybridized carbons (Fsp3) is 0.278. The van der Waals surface area contributed by atoms with Crippen LogP contribution in [0.2, 0.25) is 0 Å². The van der Waals surface area contributed by atoms with Gasteiger partial charge in [-0.25, -0.2) is 9.78 Å². The van der Waals surface area contributed by atoms with Crippen molar-refractivity contribution in [3.63, 3.8) is 0 Å². The monoisotopic (exact) mass is 325 g/mol. The van der Waals surface area contributed by atoms with Crippen LogP contribution in [0.4, 0.5) is 10.5 Å². The second kappa shape index (κ2) is 7.12. The molecule has 6 heteroatoms. The highest BCUT2D eigenvalue weighted by molar-refractivity contribution is 6.07. The number of aromatic nitrogens is 1. The molecule has 0 saturated carbocycles. The van der Waals surface area contributed by atoms with Crippen LogP contribution >= 0.6 is 0 Å². The van der Waals surface area contributed by atoms with E-state index in [4.69, 9.17) is 4.74 Å². The Labute approximate surface area is 140 Å². The summed E-state index contributed by atoms with van der Waals surface area (Å²) in [5.74, 6) is 0.329. The Bertz CT molecular complexity index is 746. The minimum atomic E-state index is -0.237. The summed E-state index contributed by atoms with van der Waals surface area (Å²) in [5.41, 5.74) is 1.84. The van der Waals surface area contributed by atoms with Crippen LogP contribution in [0.1, 0.15) is 29.4 Å².